The highest BCUT2D eigenvalue weighted by atomic mass is 79.9. The van der Waals surface area contributed by atoms with Gasteiger partial charge in [0.2, 0.25) is 6.43 Å². The average Bonchev–Trinajstić information content (AvgIpc) is 2.08. The number of benzene rings is 1. The summed E-state index contributed by atoms with van der Waals surface area (Å²) in [7, 11) is 0. The van der Waals surface area contributed by atoms with Gasteiger partial charge in [-0.15, -0.1) is 12.4 Å². The van der Waals surface area contributed by atoms with Gasteiger partial charge in [-0.25, -0.2) is 8.78 Å². The Kier molecular flexibility index (Phi) is 6.91. The van der Waals surface area contributed by atoms with Crippen molar-refractivity contribution in [3.8, 4) is 0 Å². The summed E-state index contributed by atoms with van der Waals surface area (Å²) < 4.78 is 25.8. The first kappa shape index (κ1) is 15.3. The zero-order valence-corrected chi connectivity index (χ0v) is 11.6. The van der Waals surface area contributed by atoms with Crippen molar-refractivity contribution in [3.05, 3.63) is 32.7 Å². The van der Waals surface area contributed by atoms with Gasteiger partial charge in [-0.2, -0.15) is 0 Å². The quantitative estimate of drug-likeness (QED) is 0.850. The summed E-state index contributed by atoms with van der Waals surface area (Å²) in [5, 5.41) is 0. The van der Waals surface area contributed by atoms with E-state index in [1.807, 2.05) is 0 Å². The summed E-state index contributed by atoms with van der Waals surface area (Å²) in [6.07, 6.45) is -2.68. The van der Waals surface area contributed by atoms with Crippen molar-refractivity contribution >= 4 is 44.3 Å². The Bertz CT molecular complexity index is 323. The first-order chi connectivity index (χ1) is 6.50. The summed E-state index contributed by atoms with van der Waals surface area (Å²) >= 11 is 6.58. The Morgan fingerprint density at radius 1 is 1.20 bits per heavy atom. The predicted molar refractivity (Wildman–Crippen MR) is 66.6 cm³/mol. The van der Waals surface area contributed by atoms with E-state index in [2.05, 4.69) is 31.9 Å². The molecule has 0 unspecified atom stereocenters. The lowest BCUT2D eigenvalue weighted by Gasteiger charge is -2.12. The van der Waals surface area contributed by atoms with Crippen LogP contribution in [0.1, 0.15) is 18.0 Å². The van der Waals surface area contributed by atoms with Crippen LogP contribution in [0.2, 0.25) is 0 Å². The summed E-state index contributed by atoms with van der Waals surface area (Å²) in [6, 6.07) is 4.66. The van der Waals surface area contributed by atoms with Crippen LogP contribution in [0.15, 0.2) is 27.1 Å². The van der Waals surface area contributed by atoms with Crippen LogP contribution >= 0.6 is 44.3 Å². The zero-order chi connectivity index (χ0) is 10.7. The molecule has 6 heteroatoms. The number of nitrogens with two attached hydrogens (primary N) is 1. The fraction of sp³-hybridized carbons (Fsp3) is 0.333. The number of hydrogen-bond acceptors (Lipinski definition) is 1. The molecule has 0 aliphatic carbocycles. The SMILES string of the molecule is Cl.N[C@@H](CC(F)F)c1ccc(Br)c(Br)c1. The zero-order valence-electron chi connectivity index (χ0n) is 7.59. The van der Waals surface area contributed by atoms with Crippen molar-refractivity contribution in [3.63, 3.8) is 0 Å². The molecule has 15 heavy (non-hydrogen) atoms. The molecule has 0 aliphatic rings. The van der Waals surface area contributed by atoms with Gasteiger partial charge in [0.25, 0.3) is 0 Å². The Morgan fingerprint density at radius 3 is 2.27 bits per heavy atom. The van der Waals surface area contributed by atoms with E-state index in [1.165, 1.54) is 0 Å². The Morgan fingerprint density at radius 2 is 1.80 bits per heavy atom. The first-order valence-electron chi connectivity index (χ1n) is 3.99. The Hall–Kier alpha value is 0.290. The van der Waals surface area contributed by atoms with Gasteiger partial charge in [0.05, 0.1) is 0 Å². The Labute approximate surface area is 110 Å². The van der Waals surface area contributed by atoms with Crippen molar-refractivity contribution in [2.75, 3.05) is 0 Å². The minimum absolute atomic E-state index is 0. The van der Waals surface area contributed by atoms with Crippen molar-refractivity contribution < 1.29 is 8.78 Å². The number of alkyl halides is 2. The number of hydrogen-bond donors (Lipinski definition) is 1. The maximum Gasteiger partial charge on any atom is 0.240 e. The second kappa shape index (κ2) is 6.78. The third-order valence-electron chi connectivity index (χ3n) is 1.80. The van der Waals surface area contributed by atoms with Crippen LogP contribution in [0.3, 0.4) is 0 Å². The molecule has 0 amide bonds. The van der Waals surface area contributed by atoms with E-state index in [-0.39, 0.29) is 18.8 Å². The topological polar surface area (TPSA) is 26.0 Å². The van der Waals surface area contributed by atoms with Gasteiger partial charge in [-0.3, -0.25) is 0 Å². The minimum atomic E-state index is -2.37. The van der Waals surface area contributed by atoms with Gasteiger partial charge >= 0.3 is 0 Å². The lowest BCUT2D eigenvalue weighted by Crippen LogP contribution is -2.13. The molecule has 0 aromatic heterocycles. The molecule has 86 valence electrons. The number of rotatable bonds is 3. The second-order valence-electron chi connectivity index (χ2n) is 2.91. The minimum Gasteiger partial charge on any atom is -0.324 e. The van der Waals surface area contributed by atoms with Crippen molar-refractivity contribution in [2.24, 2.45) is 5.73 Å². The average molecular weight is 365 g/mol. The largest absolute Gasteiger partial charge is 0.324 e. The third kappa shape index (κ3) is 4.76. The molecule has 0 aliphatic heterocycles. The van der Waals surface area contributed by atoms with Crippen LogP contribution in [0.4, 0.5) is 8.78 Å². The Balaban J connectivity index is 0.00000196. The van der Waals surface area contributed by atoms with Crippen LogP contribution < -0.4 is 5.73 Å². The van der Waals surface area contributed by atoms with Gasteiger partial charge in [0.15, 0.2) is 0 Å². The third-order valence-corrected chi connectivity index (χ3v) is 3.68. The molecule has 0 fully saturated rings. The molecular weight excluding hydrogens is 355 g/mol. The van der Waals surface area contributed by atoms with E-state index in [9.17, 15) is 8.78 Å². The fourth-order valence-corrected chi connectivity index (χ4v) is 1.71. The maximum absolute atomic E-state index is 12.0. The fourth-order valence-electron chi connectivity index (χ4n) is 1.07. The summed E-state index contributed by atoms with van der Waals surface area (Å²) in [6.45, 7) is 0. The molecule has 2 N–H and O–H groups in total. The van der Waals surface area contributed by atoms with Gasteiger partial charge in [0, 0.05) is 21.4 Å². The van der Waals surface area contributed by atoms with E-state index < -0.39 is 12.5 Å². The lowest BCUT2D eigenvalue weighted by molar-refractivity contribution is 0.128. The van der Waals surface area contributed by atoms with Crippen LogP contribution in [0, 0.1) is 0 Å². The molecule has 1 aromatic rings. The number of halogens is 5. The molecule has 0 spiro atoms. The molecule has 0 radical (unpaired) electrons. The van der Waals surface area contributed by atoms with Crippen molar-refractivity contribution in [1.29, 1.82) is 0 Å². The smallest absolute Gasteiger partial charge is 0.240 e. The summed E-state index contributed by atoms with van der Waals surface area (Å²) in [4.78, 5) is 0. The second-order valence-corrected chi connectivity index (χ2v) is 4.62. The maximum atomic E-state index is 12.0. The van der Waals surface area contributed by atoms with Crippen LogP contribution in [0.5, 0.6) is 0 Å². The molecule has 1 atom stereocenters. The normalized spacial score (nSPS) is 12.4. The van der Waals surface area contributed by atoms with E-state index in [0.717, 1.165) is 8.95 Å². The molecule has 0 bridgehead atoms. The highest BCUT2D eigenvalue weighted by molar-refractivity contribution is 9.13. The molecule has 0 saturated heterocycles. The molecule has 1 rings (SSSR count). The molecular formula is C9H10Br2ClF2N. The predicted octanol–water partition coefficient (Wildman–Crippen LogP) is 4.29. The highest BCUT2D eigenvalue weighted by Crippen LogP contribution is 2.27. The molecule has 1 aromatic carbocycles. The highest BCUT2D eigenvalue weighted by Gasteiger charge is 2.13. The van der Waals surface area contributed by atoms with Gasteiger partial charge in [0.1, 0.15) is 0 Å². The van der Waals surface area contributed by atoms with Gasteiger partial charge in [-0.05, 0) is 49.6 Å². The van der Waals surface area contributed by atoms with Gasteiger partial charge in [-0.1, -0.05) is 6.07 Å². The monoisotopic (exact) mass is 363 g/mol. The van der Waals surface area contributed by atoms with E-state index >= 15 is 0 Å². The van der Waals surface area contributed by atoms with Gasteiger partial charge < -0.3 is 5.73 Å². The lowest BCUT2D eigenvalue weighted by atomic mass is 10.1. The van der Waals surface area contributed by atoms with E-state index in [1.54, 1.807) is 18.2 Å². The molecule has 1 nitrogen and oxygen atoms in total. The summed E-state index contributed by atoms with van der Waals surface area (Å²) in [5.74, 6) is 0. The summed E-state index contributed by atoms with van der Waals surface area (Å²) in [5.41, 5.74) is 6.31. The van der Waals surface area contributed by atoms with E-state index in [4.69, 9.17) is 5.73 Å². The molecule has 0 heterocycles. The first-order valence-corrected chi connectivity index (χ1v) is 5.58. The van der Waals surface area contributed by atoms with Crippen LogP contribution in [-0.4, -0.2) is 6.43 Å². The van der Waals surface area contributed by atoms with Crippen LogP contribution in [0.25, 0.3) is 0 Å². The van der Waals surface area contributed by atoms with Crippen LogP contribution in [-0.2, 0) is 0 Å². The van der Waals surface area contributed by atoms with E-state index in [0.29, 0.717) is 5.56 Å². The van der Waals surface area contributed by atoms with Crippen molar-refractivity contribution in [1.82, 2.24) is 0 Å². The standard InChI is InChI=1S/C9H9Br2F2N.ClH/c10-6-2-1-5(3-7(6)11)8(14)4-9(12)13;/h1-3,8-9H,4,14H2;1H/t8-;/m0./s1. The van der Waals surface area contributed by atoms with Crippen molar-refractivity contribution in [2.45, 2.75) is 18.9 Å². The molecule has 0 saturated carbocycles.